The van der Waals surface area contributed by atoms with Crippen LogP contribution >= 0.6 is 11.6 Å². The third kappa shape index (κ3) is 2.82. The van der Waals surface area contributed by atoms with Crippen LogP contribution in [0.3, 0.4) is 0 Å². The zero-order valence-corrected chi connectivity index (χ0v) is 11.6. The number of aryl methyl sites for hydroxylation is 1. The van der Waals surface area contributed by atoms with E-state index in [1.165, 1.54) is 0 Å². The molecule has 4 nitrogen and oxygen atoms in total. The molecule has 18 heavy (non-hydrogen) atoms. The van der Waals surface area contributed by atoms with Crippen LogP contribution in [0.15, 0.2) is 24.3 Å². The van der Waals surface area contributed by atoms with E-state index in [4.69, 9.17) is 11.6 Å². The van der Waals surface area contributed by atoms with Crippen LogP contribution in [0.4, 0.5) is 5.69 Å². The number of benzene rings is 1. The molecule has 0 saturated carbocycles. The molecule has 0 aliphatic rings. The summed E-state index contributed by atoms with van der Waals surface area (Å²) in [6.45, 7) is 6.88. The van der Waals surface area contributed by atoms with Crippen LogP contribution in [-0.2, 0) is 6.54 Å². The molecule has 0 atom stereocenters. The van der Waals surface area contributed by atoms with Gasteiger partial charge in [-0.3, -0.25) is 0 Å². The first-order valence-corrected chi connectivity index (χ1v) is 6.35. The molecular formula is C13H17ClN4. The number of nitrogens with one attached hydrogen (secondary N) is 1. The topological polar surface area (TPSA) is 42.7 Å². The molecule has 1 N–H and O–H groups in total. The van der Waals surface area contributed by atoms with E-state index >= 15 is 0 Å². The van der Waals surface area contributed by atoms with Gasteiger partial charge in [0.15, 0.2) is 5.82 Å². The maximum Gasteiger partial charge on any atom is 0.152 e. The minimum absolute atomic E-state index is 0.363. The number of hydrogen-bond donors (Lipinski definition) is 1. The number of rotatable bonds is 4. The molecule has 0 bridgehead atoms. The van der Waals surface area contributed by atoms with Gasteiger partial charge in [0.25, 0.3) is 0 Å². The predicted octanol–water partition coefficient (Wildman–Crippen LogP) is 3.43. The van der Waals surface area contributed by atoms with Crippen LogP contribution in [0.5, 0.6) is 0 Å². The molecule has 0 aliphatic heterocycles. The summed E-state index contributed by atoms with van der Waals surface area (Å²) < 4.78 is 2.13. The molecule has 2 rings (SSSR count). The average molecular weight is 265 g/mol. The van der Waals surface area contributed by atoms with E-state index in [1.54, 1.807) is 0 Å². The minimum Gasteiger partial charge on any atom is -0.378 e. The van der Waals surface area contributed by atoms with E-state index < -0.39 is 0 Å². The summed E-state index contributed by atoms with van der Waals surface area (Å²) in [7, 11) is 0. The fourth-order valence-electron chi connectivity index (χ4n) is 1.95. The highest BCUT2D eigenvalue weighted by atomic mass is 35.5. The van der Waals surface area contributed by atoms with Crippen molar-refractivity contribution in [3.05, 3.63) is 40.9 Å². The smallest absolute Gasteiger partial charge is 0.152 e. The minimum atomic E-state index is 0.363. The van der Waals surface area contributed by atoms with Gasteiger partial charge in [0, 0.05) is 16.8 Å². The van der Waals surface area contributed by atoms with Crippen molar-refractivity contribution in [3.63, 3.8) is 0 Å². The molecule has 0 fully saturated rings. The molecule has 0 amide bonds. The molecule has 1 aromatic carbocycles. The lowest BCUT2D eigenvalue weighted by molar-refractivity contribution is 0.558. The molecule has 0 spiro atoms. The second-order valence-corrected chi connectivity index (χ2v) is 4.92. The van der Waals surface area contributed by atoms with Crippen molar-refractivity contribution in [1.82, 2.24) is 14.8 Å². The maximum atomic E-state index is 5.84. The third-order valence-electron chi connectivity index (χ3n) is 2.75. The van der Waals surface area contributed by atoms with E-state index in [9.17, 15) is 0 Å². The first kappa shape index (κ1) is 12.9. The number of nitrogens with zero attached hydrogens (tertiary/aromatic N) is 3. The Labute approximate surface area is 112 Å². The van der Waals surface area contributed by atoms with Gasteiger partial charge >= 0.3 is 0 Å². The molecule has 0 radical (unpaired) electrons. The number of anilines is 1. The molecule has 0 saturated heterocycles. The van der Waals surface area contributed by atoms with Gasteiger partial charge in [-0.05, 0) is 45.0 Å². The van der Waals surface area contributed by atoms with Crippen molar-refractivity contribution in [2.75, 3.05) is 5.32 Å². The molecular weight excluding hydrogens is 248 g/mol. The summed E-state index contributed by atoms with van der Waals surface area (Å²) in [5.74, 6) is 1.88. The van der Waals surface area contributed by atoms with Gasteiger partial charge in [-0.15, -0.1) is 10.2 Å². The van der Waals surface area contributed by atoms with Crippen LogP contribution in [0, 0.1) is 6.92 Å². The van der Waals surface area contributed by atoms with Gasteiger partial charge in [-0.25, -0.2) is 0 Å². The molecule has 1 aromatic heterocycles. The van der Waals surface area contributed by atoms with Crippen molar-refractivity contribution in [2.24, 2.45) is 0 Å². The molecule has 0 unspecified atom stereocenters. The average Bonchev–Trinajstić information content (AvgIpc) is 2.70. The van der Waals surface area contributed by atoms with Crippen LogP contribution in [-0.4, -0.2) is 14.8 Å². The lowest BCUT2D eigenvalue weighted by Gasteiger charge is -2.13. The Morgan fingerprint density at radius 2 is 1.89 bits per heavy atom. The first-order valence-electron chi connectivity index (χ1n) is 5.97. The fourth-order valence-corrected chi connectivity index (χ4v) is 2.08. The van der Waals surface area contributed by atoms with Crippen LogP contribution in [0.2, 0.25) is 5.02 Å². The number of hydrogen-bond acceptors (Lipinski definition) is 3. The van der Waals surface area contributed by atoms with E-state index in [0.717, 1.165) is 22.4 Å². The Bertz CT molecular complexity index is 516. The zero-order chi connectivity index (χ0) is 13.1. The van der Waals surface area contributed by atoms with E-state index in [-0.39, 0.29) is 0 Å². The summed E-state index contributed by atoms with van der Waals surface area (Å²) in [6, 6.07) is 7.99. The quantitative estimate of drug-likeness (QED) is 0.920. The predicted molar refractivity (Wildman–Crippen MR) is 73.9 cm³/mol. The van der Waals surface area contributed by atoms with E-state index in [0.29, 0.717) is 12.6 Å². The summed E-state index contributed by atoms with van der Waals surface area (Å²) in [4.78, 5) is 0. The fraction of sp³-hybridized carbons (Fsp3) is 0.385. The zero-order valence-electron chi connectivity index (χ0n) is 10.8. The Morgan fingerprint density at radius 3 is 2.50 bits per heavy atom. The lowest BCUT2D eigenvalue weighted by Crippen LogP contribution is -2.11. The van der Waals surface area contributed by atoms with Crippen LogP contribution in [0.25, 0.3) is 0 Å². The largest absolute Gasteiger partial charge is 0.378 e. The Kier molecular flexibility index (Phi) is 3.87. The van der Waals surface area contributed by atoms with Crippen molar-refractivity contribution >= 4 is 17.3 Å². The molecule has 1 heterocycles. The Hall–Kier alpha value is -1.55. The highest BCUT2D eigenvalue weighted by Crippen LogP contribution is 2.15. The second-order valence-electron chi connectivity index (χ2n) is 4.49. The van der Waals surface area contributed by atoms with Gasteiger partial charge in [0.2, 0.25) is 0 Å². The monoisotopic (exact) mass is 264 g/mol. The Balaban J connectivity index is 2.08. The summed E-state index contributed by atoms with van der Waals surface area (Å²) in [5, 5.41) is 12.4. The number of halogens is 1. The van der Waals surface area contributed by atoms with Crippen molar-refractivity contribution in [2.45, 2.75) is 33.4 Å². The normalized spacial score (nSPS) is 10.9. The van der Waals surface area contributed by atoms with Crippen molar-refractivity contribution < 1.29 is 0 Å². The maximum absolute atomic E-state index is 5.84. The van der Waals surface area contributed by atoms with Crippen LogP contribution < -0.4 is 5.32 Å². The molecule has 2 aromatic rings. The van der Waals surface area contributed by atoms with Gasteiger partial charge in [0.05, 0.1) is 6.54 Å². The number of aromatic nitrogens is 3. The molecule has 0 aliphatic carbocycles. The highest BCUT2D eigenvalue weighted by Gasteiger charge is 2.10. The van der Waals surface area contributed by atoms with Crippen LogP contribution in [0.1, 0.15) is 31.5 Å². The first-order chi connectivity index (χ1) is 8.58. The SMILES string of the molecule is Cc1nnc(CNc2ccc(Cl)cc2)n1C(C)C. The molecule has 5 heteroatoms. The summed E-state index contributed by atoms with van der Waals surface area (Å²) in [6.07, 6.45) is 0. The lowest BCUT2D eigenvalue weighted by atomic mass is 10.3. The second kappa shape index (κ2) is 5.40. The Morgan fingerprint density at radius 1 is 1.22 bits per heavy atom. The van der Waals surface area contributed by atoms with E-state index in [2.05, 4.69) is 33.9 Å². The summed E-state index contributed by atoms with van der Waals surface area (Å²) in [5.41, 5.74) is 1.02. The van der Waals surface area contributed by atoms with Gasteiger partial charge in [0.1, 0.15) is 5.82 Å². The summed E-state index contributed by atoms with van der Waals surface area (Å²) >= 11 is 5.84. The standard InChI is InChI=1S/C13H17ClN4/c1-9(2)18-10(3)16-17-13(18)8-15-12-6-4-11(14)5-7-12/h4-7,9,15H,8H2,1-3H3. The molecule has 96 valence electrons. The van der Waals surface area contributed by atoms with Gasteiger partial charge < -0.3 is 9.88 Å². The van der Waals surface area contributed by atoms with E-state index in [1.807, 2.05) is 31.2 Å². The van der Waals surface area contributed by atoms with Crippen molar-refractivity contribution in [3.8, 4) is 0 Å². The third-order valence-corrected chi connectivity index (χ3v) is 3.00. The van der Waals surface area contributed by atoms with Gasteiger partial charge in [-0.1, -0.05) is 11.6 Å². The van der Waals surface area contributed by atoms with Gasteiger partial charge in [-0.2, -0.15) is 0 Å². The highest BCUT2D eigenvalue weighted by molar-refractivity contribution is 6.30. The van der Waals surface area contributed by atoms with Crippen molar-refractivity contribution in [1.29, 1.82) is 0 Å².